The van der Waals surface area contributed by atoms with E-state index in [2.05, 4.69) is 5.32 Å². The van der Waals surface area contributed by atoms with E-state index in [1.165, 1.54) is 4.90 Å². The summed E-state index contributed by atoms with van der Waals surface area (Å²) in [6.07, 6.45) is -3.16. The van der Waals surface area contributed by atoms with Gasteiger partial charge in [0.2, 0.25) is 11.8 Å². The van der Waals surface area contributed by atoms with Crippen LogP contribution in [-0.2, 0) is 9.59 Å². The first-order valence-electron chi connectivity index (χ1n) is 8.67. The zero-order chi connectivity index (χ0) is 18.9. The van der Waals surface area contributed by atoms with Crippen molar-refractivity contribution in [3.8, 4) is 0 Å². The minimum Gasteiger partial charge on any atom is -0.353 e. The van der Waals surface area contributed by atoms with Crippen LogP contribution in [0.1, 0.15) is 32.1 Å². The molecular formula is C18H20ClF3N2O2. The summed E-state index contributed by atoms with van der Waals surface area (Å²) in [4.78, 5) is 26.2. The van der Waals surface area contributed by atoms with Gasteiger partial charge in [0.05, 0.1) is 11.8 Å². The zero-order valence-electron chi connectivity index (χ0n) is 14.1. The third-order valence-electron chi connectivity index (χ3n) is 5.12. The molecule has 3 rings (SSSR count). The summed E-state index contributed by atoms with van der Waals surface area (Å²) in [5.74, 6) is -2.44. The number of amides is 2. The van der Waals surface area contributed by atoms with Crippen LogP contribution in [0, 0.1) is 11.8 Å². The Morgan fingerprint density at radius 2 is 1.88 bits per heavy atom. The summed E-state index contributed by atoms with van der Waals surface area (Å²) in [5, 5.41) is 3.27. The quantitative estimate of drug-likeness (QED) is 0.853. The third kappa shape index (κ3) is 4.31. The summed E-state index contributed by atoms with van der Waals surface area (Å²) in [6, 6.07) is 6.25. The highest BCUT2D eigenvalue weighted by molar-refractivity contribution is 6.30. The number of nitrogens with zero attached hydrogens (tertiary/aromatic N) is 1. The lowest BCUT2D eigenvalue weighted by Gasteiger charge is -2.31. The molecule has 0 radical (unpaired) electrons. The molecule has 0 aromatic heterocycles. The van der Waals surface area contributed by atoms with Crippen LogP contribution in [0.25, 0.3) is 0 Å². The van der Waals surface area contributed by atoms with Crippen LogP contribution in [0.15, 0.2) is 24.3 Å². The van der Waals surface area contributed by atoms with Crippen molar-refractivity contribution in [2.75, 3.05) is 11.4 Å². The Morgan fingerprint density at radius 1 is 1.19 bits per heavy atom. The van der Waals surface area contributed by atoms with E-state index in [4.69, 9.17) is 11.6 Å². The largest absolute Gasteiger partial charge is 0.391 e. The first kappa shape index (κ1) is 19.0. The van der Waals surface area contributed by atoms with E-state index < -0.39 is 24.1 Å². The maximum atomic E-state index is 12.9. The third-order valence-corrected chi connectivity index (χ3v) is 5.37. The summed E-state index contributed by atoms with van der Waals surface area (Å²) in [7, 11) is 0. The van der Waals surface area contributed by atoms with Crippen LogP contribution in [0.3, 0.4) is 0 Å². The summed E-state index contributed by atoms with van der Waals surface area (Å²) >= 11 is 5.84. The Labute approximate surface area is 154 Å². The normalized spacial score (nSPS) is 26.8. The molecule has 0 spiro atoms. The molecule has 2 amide bonds. The second-order valence-corrected chi connectivity index (χ2v) is 7.43. The number of carbonyl (C=O) groups excluding carboxylic acids is 2. The molecule has 3 atom stereocenters. The number of carbonyl (C=O) groups is 2. The van der Waals surface area contributed by atoms with Crippen molar-refractivity contribution in [3.05, 3.63) is 29.3 Å². The van der Waals surface area contributed by atoms with E-state index in [0.29, 0.717) is 23.6 Å². The van der Waals surface area contributed by atoms with Crippen LogP contribution >= 0.6 is 11.6 Å². The molecular weight excluding hydrogens is 369 g/mol. The summed E-state index contributed by atoms with van der Waals surface area (Å²) in [6.45, 7) is 0.224. The molecule has 3 unspecified atom stereocenters. The van der Waals surface area contributed by atoms with Gasteiger partial charge < -0.3 is 10.2 Å². The van der Waals surface area contributed by atoms with E-state index in [0.717, 1.165) is 0 Å². The minimum absolute atomic E-state index is 0.0594. The van der Waals surface area contributed by atoms with Gasteiger partial charge in [0.25, 0.3) is 0 Å². The highest BCUT2D eigenvalue weighted by Crippen LogP contribution is 2.37. The lowest BCUT2D eigenvalue weighted by molar-refractivity contribution is -0.184. The van der Waals surface area contributed by atoms with Crippen LogP contribution < -0.4 is 10.2 Å². The number of rotatable bonds is 3. The van der Waals surface area contributed by atoms with Gasteiger partial charge in [0.15, 0.2) is 0 Å². The monoisotopic (exact) mass is 388 g/mol. The summed E-state index contributed by atoms with van der Waals surface area (Å²) < 4.78 is 38.7. The van der Waals surface area contributed by atoms with Gasteiger partial charge in [-0.05, 0) is 43.5 Å². The number of halogens is 4. The second-order valence-electron chi connectivity index (χ2n) is 6.99. The number of hydrogen-bond acceptors (Lipinski definition) is 2. The summed E-state index contributed by atoms with van der Waals surface area (Å²) in [5.41, 5.74) is 0.657. The van der Waals surface area contributed by atoms with Gasteiger partial charge in [-0.1, -0.05) is 18.0 Å². The molecule has 8 heteroatoms. The van der Waals surface area contributed by atoms with Crippen LogP contribution in [0.2, 0.25) is 5.02 Å². The van der Waals surface area contributed by atoms with Gasteiger partial charge in [-0.3, -0.25) is 9.59 Å². The van der Waals surface area contributed by atoms with Crippen molar-refractivity contribution in [2.45, 2.75) is 44.3 Å². The topological polar surface area (TPSA) is 49.4 Å². The second kappa shape index (κ2) is 7.47. The van der Waals surface area contributed by atoms with Crippen molar-refractivity contribution in [1.82, 2.24) is 5.32 Å². The molecule has 1 heterocycles. The SMILES string of the molecule is O=C(NC1CCCC(C(F)(F)F)C1)C1CC(=O)N(c2ccc(Cl)cc2)C1. The fraction of sp³-hybridized carbons (Fsp3) is 0.556. The standard InChI is InChI=1S/C18H20ClF3N2O2/c19-13-4-6-15(7-5-13)24-10-11(8-16(24)25)17(26)23-14-3-1-2-12(9-14)18(20,21)22/h4-7,11-12,14H,1-3,8-10H2,(H,23,26). The molecule has 1 aromatic carbocycles. The van der Waals surface area contributed by atoms with E-state index in [1.807, 2.05) is 0 Å². The Bertz CT molecular complexity index is 678. The van der Waals surface area contributed by atoms with Crippen molar-refractivity contribution in [2.24, 2.45) is 11.8 Å². The molecule has 1 aliphatic heterocycles. The molecule has 2 aliphatic rings. The zero-order valence-corrected chi connectivity index (χ0v) is 14.8. The van der Waals surface area contributed by atoms with Crippen molar-refractivity contribution >= 4 is 29.1 Å². The van der Waals surface area contributed by atoms with Gasteiger partial charge in [0, 0.05) is 29.7 Å². The Morgan fingerprint density at radius 3 is 2.54 bits per heavy atom. The van der Waals surface area contributed by atoms with Gasteiger partial charge in [-0.2, -0.15) is 13.2 Å². The molecule has 1 aliphatic carbocycles. The van der Waals surface area contributed by atoms with Crippen molar-refractivity contribution < 1.29 is 22.8 Å². The molecule has 1 aromatic rings. The lowest BCUT2D eigenvalue weighted by Crippen LogP contribution is -2.44. The predicted molar refractivity (Wildman–Crippen MR) is 91.9 cm³/mol. The molecule has 4 nitrogen and oxygen atoms in total. The first-order valence-corrected chi connectivity index (χ1v) is 9.05. The fourth-order valence-corrected chi connectivity index (χ4v) is 3.82. The first-order chi connectivity index (χ1) is 12.2. The van der Waals surface area contributed by atoms with Crippen LogP contribution in [-0.4, -0.2) is 30.6 Å². The number of alkyl halides is 3. The van der Waals surface area contributed by atoms with Crippen molar-refractivity contribution in [3.63, 3.8) is 0 Å². The number of benzene rings is 1. The van der Waals surface area contributed by atoms with Crippen LogP contribution in [0.5, 0.6) is 0 Å². The molecule has 2 fully saturated rings. The molecule has 1 saturated heterocycles. The van der Waals surface area contributed by atoms with E-state index >= 15 is 0 Å². The Kier molecular flexibility index (Phi) is 5.46. The smallest absolute Gasteiger partial charge is 0.353 e. The van der Waals surface area contributed by atoms with E-state index in [-0.39, 0.29) is 37.6 Å². The van der Waals surface area contributed by atoms with E-state index in [9.17, 15) is 22.8 Å². The highest BCUT2D eigenvalue weighted by atomic mass is 35.5. The van der Waals surface area contributed by atoms with Gasteiger partial charge in [-0.25, -0.2) is 0 Å². The van der Waals surface area contributed by atoms with Crippen molar-refractivity contribution in [1.29, 1.82) is 0 Å². The fourth-order valence-electron chi connectivity index (χ4n) is 3.69. The predicted octanol–water partition coefficient (Wildman–Crippen LogP) is 3.93. The van der Waals surface area contributed by atoms with Gasteiger partial charge in [0.1, 0.15) is 0 Å². The van der Waals surface area contributed by atoms with Gasteiger partial charge >= 0.3 is 6.18 Å². The lowest BCUT2D eigenvalue weighted by atomic mass is 9.85. The number of hydrogen-bond donors (Lipinski definition) is 1. The number of nitrogens with one attached hydrogen (secondary N) is 1. The maximum Gasteiger partial charge on any atom is 0.391 e. The highest BCUT2D eigenvalue weighted by Gasteiger charge is 2.43. The Balaban J connectivity index is 1.59. The molecule has 0 bridgehead atoms. The molecule has 1 saturated carbocycles. The molecule has 26 heavy (non-hydrogen) atoms. The molecule has 1 N–H and O–H groups in total. The van der Waals surface area contributed by atoms with Crippen LogP contribution in [0.4, 0.5) is 18.9 Å². The minimum atomic E-state index is -4.22. The van der Waals surface area contributed by atoms with Gasteiger partial charge in [-0.15, -0.1) is 0 Å². The molecule has 142 valence electrons. The Hall–Kier alpha value is -1.76. The van der Waals surface area contributed by atoms with E-state index in [1.54, 1.807) is 24.3 Å². The number of anilines is 1. The maximum absolute atomic E-state index is 12.9. The average Bonchev–Trinajstić information content (AvgIpc) is 2.97. The average molecular weight is 389 g/mol.